The molecule has 0 bridgehead atoms. The third-order valence-corrected chi connectivity index (χ3v) is 5.12. The van der Waals surface area contributed by atoms with Gasteiger partial charge < -0.3 is 16.4 Å². The number of aryl methyl sites for hydroxylation is 1. The molecule has 1 fully saturated rings. The number of carbonyl (C=O) groups is 2. The molecule has 25 heavy (non-hydrogen) atoms. The fraction of sp³-hybridized carbons (Fsp3) is 0.556. The molecule has 1 aromatic rings. The number of rotatable bonds is 4. The van der Waals surface area contributed by atoms with Crippen LogP contribution >= 0.6 is 12.4 Å². The van der Waals surface area contributed by atoms with Crippen LogP contribution in [0.5, 0.6) is 0 Å². The van der Waals surface area contributed by atoms with E-state index in [0.29, 0.717) is 31.0 Å². The summed E-state index contributed by atoms with van der Waals surface area (Å²) in [7, 11) is 0. The standard InChI is InChI=1S/C18H24FN3O2.ClH/c19-14-9-15-12(6-7-17(23)21-15)8-13(14)18(24)22-16(10-20)11-4-2-1-3-5-11;/h8-9,11,16H,1-7,10,20H2,(H,21,23)(H,22,24);1H. The Kier molecular flexibility index (Phi) is 6.79. The van der Waals surface area contributed by atoms with Crippen LogP contribution in [0.2, 0.25) is 0 Å². The summed E-state index contributed by atoms with van der Waals surface area (Å²) in [6.45, 7) is 0.360. The van der Waals surface area contributed by atoms with E-state index in [1.54, 1.807) is 6.07 Å². The second-order valence-electron chi connectivity index (χ2n) is 6.75. The molecule has 7 heteroatoms. The Morgan fingerprint density at radius 1 is 1.28 bits per heavy atom. The molecule has 1 aliphatic carbocycles. The minimum atomic E-state index is -0.618. The summed E-state index contributed by atoms with van der Waals surface area (Å²) in [6.07, 6.45) is 6.53. The summed E-state index contributed by atoms with van der Waals surface area (Å²) in [5, 5.41) is 5.56. The first-order chi connectivity index (χ1) is 11.6. The molecule has 3 rings (SSSR count). The van der Waals surface area contributed by atoms with E-state index < -0.39 is 11.7 Å². The van der Waals surface area contributed by atoms with Gasteiger partial charge in [0.1, 0.15) is 5.82 Å². The Balaban J connectivity index is 0.00000225. The molecule has 1 heterocycles. The minimum Gasteiger partial charge on any atom is -0.348 e. The maximum absolute atomic E-state index is 14.3. The lowest BCUT2D eigenvalue weighted by Gasteiger charge is -2.30. The van der Waals surface area contributed by atoms with Crippen LogP contribution in [0.1, 0.15) is 54.4 Å². The molecular weight excluding hydrogens is 345 g/mol. The zero-order valence-corrected chi connectivity index (χ0v) is 15.0. The fourth-order valence-corrected chi connectivity index (χ4v) is 3.73. The van der Waals surface area contributed by atoms with Gasteiger partial charge in [-0.05, 0) is 42.9 Å². The van der Waals surface area contributed by atoms with Crippen LogP contribution in [0, 0.1) is 11.7 Å². The van der Waals surface area contributed by atoms with Gasteiger partial charge in [0, 0.05) is 24.7 Å². The Hall–Kier alpha value is -1.66. The zero-order chi connectivity index (χ0) is 17.1. The number of nitrogens with two attached hydrogens (primary N) is 1. The first-order valence-electron chi connectivity index (χ1n) is 8.71. The SMILES string of the molecule is Cl.NCC(NC(=O)c1cc2c(cc1F)NC(=O)CC2)C1CCCCC1. The number of hydrogen-bond donors (Lipinski definition) is 3. The summed E-state index contributed by atoms with van der Waals surface area (Å²) in [5.74, 6) is -0.798. The normalized spacial score (nSPS) is 18.6. The van der Waals surface area contributed by atoms with Crippen molar-refractivity contribution in [1.82, 2.24) is 5.32 Å². The number of hydrogen-bond acceptors (Lipinski definition) is 3. The quantitative estimate of drug-likeness (QED) is 0.763. The maximum atomic E-state index is 14.3. The lowest BCUT2D eigenvalue weighted by atomic mass is 9.83. The number of halogens is 2. The average molecular weight is 370 g/mol. The molecule has 138 valence electrons. The lowest BCUT2D eigenvalue weighted by Crippen LogP contribution is -2.46. The molecule has 1 aliphatic heterocycles. The molecule has 0 spiro atoms. The van der Waals surface area contributed by atoms with Gasteiger partial charge in [0.25, 0.3) is 5.91 Å². The summed E-state index contributed by atoms with van der Waals surface area (Å²) in [4.78, 5) is 23.9. The van der Waals surface area contributed by atoms with Crippen LogP contribution in [0.3, 0.4) is 0 Å². The van der Waals surface area contributed by atoms with Gasteiger partial charge in [-0.15, -0.1) is 12.4 Å². The van der Waals surface area contributed by atoms with Gasteiger partial charge in [0.2, 0.25) is 5.91 Å². The van der Waals surface area contributed by atoms with Crippen LogP contribution in [-0.2, 0) is 11.2 Å². The summed E-state index contributed by atoms with van der Waals surface area (Å²) >= 11 is 0. The highest BCUT2D eigenvalue weighted by molar-refractivity contribution is 5.98. The summed E-state index contributed by atoms with van der Waals surface area (Å²) < 4.78 is 14.3. The van der Waals surface area contributed by atoms with Crippen molar-refractivity contribution in [3.05, 3.63) is 29.1 Å². The Labute approximate surface area is 153 Å². The van der Waals surface area contributed by atoms with Crippen molar-refractivity contribution < 1.29 is 14.0 Å². The smallest absolute Gasteiger partial charge is 0.254 e. The van der Waals surface area contributed by atoms with Crippen LogP contribution in [-0.4, -0.2) is 24.4 Å². The van der Waals surface area contributed by atoms with E-state index in [1.165, 1.54) is 12.5 Å². The van der Waals surface area contributed by atoms with Gasteiger partial charge in [0.05, 0.1) is 5.56 Å². The maximum Gasteiger partial charge on any atom is 0.254 e. The first kappa shape index (κ1) is 19.7. The highest BCUT2D eigenvalue weighted by Crippen LogP contribution is 2.28. The van der Waals surface area contributed by atoms with E-state index in [-0.39, 0.29) is 29.9 Å². The molecule has 1 atom stereocenters. The van der Waals surface area contributed by atoms with Crippen LogP contribution in [0.4, 0.5) is 10.1 Å². The van der Waals surface area contributed by atoms with Gasteiger partial charge in [-0.1, -0.05) is 19.3 Å². The van der Waals surface area contributed by atoms with Crippen molar-refractivity contribution in [2.45, 2.75) is 51.0 Å². The van der Waals surface area contributed by atoms with Crippen molar-refractivity contribution in [2.24, 2.45) is 11.7 Å². The third-order valence-electron chi connectivity index (χ3n) is 5.12. The number of amides is 2. The van der Waals surface area contributed by atoms with Gasteiger partial charge in [-0.2, -0.15) is 0 Å². The molecule has 1 unspecified atom stereocenters. The number of nitrogens with one attached hydrogen (secondary N) is 2. The first-order valence-corrected chi connectivity index (χ1v) is 8.71. The second kappa shape index (κ2) is 8.63. The third kappa shape index (κ3) is 4.50. The van der Waals surface area contributed by atoms with Gasteiger partial charge in [0.15, 0.2) is 0 Å². The fourth-order valence-electron chi connectivity index (χ4n) is 3.73. The molecule has 5 nitrogen and oxygen atoms in total. The van der Waals surface area contributed by atoms with Crippen LogP contribution in [0.25, 0.3) is 0 Å². The van der Waals surface area contributed by atoms with E-state index in [0.717, 1.165) is 31.2 Å². The topological polar surface area (TPSA) is 84.2 Å². The predicted molar refractivity (Wildman–Crippen MR) is 97.5 cm³/mol. The number of anilines is 1. The van der Waals surface area contributed by atoms with Crippen molar-refractivity contribution in [2.75, 3.05) is 11.9 Å². The molecule has 0 radical (unpaired) electrons. The zero-order valence-electron chi connectivity index (χ0n) is 14.1. The molecular formula is C18H25ClFN3O2. The van der Waals surface area contributed by atoms with E-state index >= 15 is 0 Å². The monoisotopic (exact) mass is 369 g/mol. The van der Waals surface area contributed by atoms with Gasteiger partial charge in [-0.25, -0.2) is 4.39 Å². The largest absolute Gasteiger partial charge is 0.348 e. The molecule has 4 N–H and O–H groups in total. The summed E-state index contributed by atoms with van der Waals surface area (Å²) in [5.41, 5.74) is 7.12. The van der Waals surface area contributed by atoms with Crippen molar-refractivity contribution in [1.29, 1.82) is 0 Å². The molecule has 2 amide bonds. The van der Waals surface area contributed by atoms with E-state index in [4.69, 9.17) is 5.73 Å². The lowest BCUT2D eigenvalue weighted by molar-refractivity contribution is -0.116. The minimum absolute atomic E-state index is 0. The highest BCUT2D eigenvalue weighted by Gasteiger charge is 2.26. The van der Waals surface area contributed by atoms with Crippen LogP contribution < -0.4 is 16.4 Å². The Morgan fingerprint density at radius 2 is 2.00 bits per heavy atom. The summed E-state index contributed by atoms with van der Waals surface area (Å²) in [6, 6.07) is 2.67. The Bertz CT molecular complexity index is 647. The van der Waals surface area contributed by atoms with Crippen LogP contribution in [0.15, 0.2) is 12.1 Å². The van der Waals surface area contributed by atoms with Gasteiger partial charge >= 0.3 is 0 Å². The molecule has 1 aromatic carbocycles. The second-order valence-corrected chi connectivity index (χ2v) is 6.75. The van der Waals surface area contributed by atoms with E-state index in [1.807, 2.05) is 0 Å². The average Bonchev–Trinajstić information content (AvgIpc) is 2.59. The molecule has 2 aliphatic rings. The number of benzene rings is 1. The molecule has 0 saturated heterocycles. The predicted octanol–water partition coefficient (Wildman–Crippen LogP) is 2.77. The highest BCUT2D eigenvalue weighted by atomic mass is 35.5. The number of fused-ring (bicyclic) bond motifs is 1. The van der Waals surface area contributed by atoms with E-state index in [9.17, 15) is 14.0 Å². The van der Waals surface area contributed by atoms with Crippen molar-refractivity contribution in [3.63, 3.8) is 0 Å². The number of carbonyl (C=O) groups excluding carboxylic acids is 2. The van der Waals surface area contributed by atoms with Gasteiger partial charge in [-0.3, -0.25) is 9.59 Å². The molecule has 0 aromatic heterocycles. The van der Waals surface area contributed by atoms with E-state index in [2.05, 4.69) is 10.6 Å². The van der Waals surface area contributed by atoms with Crippen molar-refractivity contribution in [3.8, 4) is 0 Å². The molecule has 1 saturated carbocycles. The van der Waals surface area contributed by atoms with Crippen molar-refractivity contribution >= 4 is 29.9 Å². The Morgan fingerprint density at radius 3 is 2.68 bits per heavy atom.